The smallest absolute Gasteiger partial charge is 0.254 e. The molecule has 0 spiro atoms. The van der Waals surface area contributed by atoms with Gasteiger partial charge in [0.25, 0.3) is 5.91 Å². The van der Waals surface area contributed by atoms with Crippen molar-refractivity contribution in [1.29, 1.82) is 0 Å². The van der Waals surface area contributed by atoms with Gasteiger partial charge in [-0.3, -0.25) is 4.79 Å². The van der Waals surface area contributed by atoms with Crippen molar-refractivity contribution in [3.8, 4) is 0 Å². The van der Waals surface area contributed by atoms with Crippen molar-refractivity contribution in [3.05, 3.63) is 29.8 Å². The summed E-state index contributed by atoms with van der Waals surface area (Å²) in [5.74, 6) is 0.192. The van der Waals surface area contributed by atoms with Crippen molar-refractivity contribution in [2.45, 2.75) is 38.1 Å². The molecule has 2 aliphatic heterocycles. The Hall–Kier alpha value is -1.59. The molecule has 0 aromatic heterocycles. The number of amides is 1. The second-order valence-corrected chi connectivity index (χ2v) is 7.62. The van der Waals surface area contributed by atoms with Crippen molar-refractivity contribution >= 4 is 11.6 Å². The Balaban J connectivity index is 1.62. The summed E-state index contributed by atoms with van der Waals surface area (Å²) in [4.78, 5) is 19.9. The highest BCUT2D eigenvalue weighted by molar-refractivity contribution is 5.94. The molecular formula is C21H33N3O2. The number of rotatable bonds is 6. The normalized spacial score (nSPS) is 21.8. The highest BCUT2D eigenvalue weighted by atomic mass is 16.5. The van der Waals surface area contributed by atoms with Crippen LogP contribution in [0.25, 0.3) is 0 Å². The van der Waals surface area contributed by atoms with Crippen LogP contribution in [-0.2, 0) is 4.74 Å². The van der Waals surface area contributed by atoms with Crippen molar-refractivity contribution < 1.29 is 9.53 Å². The molecule has 5 nitrogen and oxygen atoms in total. The molecule has 2 fully saturated rings. The summed E-state index contributed by atoms with van der Waals surface area (Å²) in [6.45, 7) is 5.96. The first-order chi connectivity index (χ1) is 12.7. The summed E-state index contributed by atoms with van der Waals surface area (Å²) in [6, 6.07) is 8.61. The van der Waals surface area contributed by atoms with Gasteiger partial charge < -0.3 is 19.4 Å². The van der Waals surface area contributed by atoms with Gasteiger partial charge in [0.2, 0.25) is 0 Å². The molecule has 1 amide bonds. The molecule has 3 rings (SSSR count). The predicted molar refractivity (Wildman–Crippen MR) is 106 cm³/mol. The third-order valence-electron chi connectivity index (χ3n) is 5.76. The second-order valence-electron chi connectivity index (χ2n) is 7.62. The number of ether oxygens (including phenoxy) is 1. The molecule has 1 aromatic rings. The van der Waals surface area contributed by atoms with Crippen molar-refractivity contribution in [2.24, 2.45) is 0 Å². The van der Waals surface area contributed by atoms with E-state index in [9.17, 15) is 4.79 Å². The van der Waals surface area contributed by atoms with Gasteiger partial charge in [0.15, 0.2) is 0 Å². The molecule has 1 aromatic carbocycles. The zero-order valence-electron chi connectivity index (χ0n) is 16.3. The topological polar surface area (TPSA) is 36.0 Å². The van der Waals surface area contributed by atoms with Gasteiger partial charge in [-0.25, -0.2) is 0 Å². The quantitative estimate of drug-likeness (QED) is 0.732. The van der Waals surface area contributed by atoms with Crippen LogP contribution in [0.5, 0.6) is 0 Å². The molecule has 2 heterocycles. The number of hydrogen-bond donors (Lipinski definition) is 0. The van der Waals surface area contributed by atoms with E-state index in [-0.39, 0.29) is 5.91 Å². The molecule has 5 heteroatoms. The molecule has 2 aliphatic rings. The van der Waals surface area contributed by atoms with E-state index < -0.39 is 0 Å². The van der Waals surface area contributed by atoms with Crippen LogP contribution in [0.4, 0.5) is 5.69 Å². The first-order valence-electron chi connectivity index (χ1n) is 10.0. The van der Waals surface area contributed by atoms with Gasteiger partial charge in [0, 0.05) is 63.7 Å². The lowest BCUT2D eigenvalue weighted by molar-refractivity contribution is 0.0585. The van der Waals surface area contributed by atoms with E-state index in [1.54, 1.807) is 7.11 Å². The Morgan fingerprint density at radius 2 is 1.81 bits per heavy atom. The van der Waals surface area contributed by atoms with Crippen LogP contribution in [0, 0.1) is 0 Å². The van der Waals surface area contributed by atoms with Crippen molar-refractivity contribution in [1.82, 2.24) is 9.80 Å². The van der Waals surface area contributed by atoms with E-state index >= 15 is 0 Å². The average Bonchev–Trinajstić information content (AvgIpc) is 2.69. The van der Waals surface area contributed by atoms with E-state index in [1.165, 1.54) is 12.1 Å². The molecule has 2 saturated heterocycles. The number of likely N-dealkylation sites (N-methyl/N-ethyl adjacent to an activating group) is 1. The first-order valence-corrected chi connectivity index (χ1v) is 10.0. The lowest BCUT2D eigenvalue weighted by Crippen LogP contribution is -2.44. The number of hydrogen-bond acceptors (Lipinski definition) is 4. The van der Waals surface area contributed by atoms with E-state index in [2.05, 4.69) is 33.9 Å². The Bertz CT molecular complexity index is 567. The number of benzene rings is 1. The molecule has 0 bridgehead atoms. The van der Waals surface area contributed by atoms with Crippen LogP contribution in [0.1, 0.15) is 42.5 Å². The molecule has 144 valence electrons. The van der Waals surface area contributed by atoms with Gasteiger partial charge in [-0.2, -0.15) is 0 Å². The maximum absolute atomic E-state index is 13.0. The van der Waals surface area contributed by atoms with Crippen LogP contribution >= 0.6 is 0 Å². The third-order valence-corrected chi connectivity index (χ3v) is 5.76. The highest BCUT2D eigenvalue weighted by Crippen LogP contribution is 2.24. The third kappa shape index (κ3) is 4.77. The van der Waals surface area contributed by atoms with Gasteiger partial charge in [-0.15, -0.1) is 0 Å². The predicted octanol–water partition coefficient (Wildman–Crippen LogP) is 2.86. The monoisotopic (exact) mass is 359 g/mol. The Morgan fingerprint density at radius 3 is 2.50 bits per heavy atom. The largest absolute Gasteiger partial charge is 0.385 e. The molecular weight excluding hydrogens is 326 g/mol. The number of likely N-dealkylation sites (tertiary alicyclic amines) is 1. The summed E-state index contributed by atoms with van der Waals surface area (Å²) in [7, 11) is 3.91. The van der Waals surface area contributed by atoms with Gasteiger partial charge in [-0.05, 0) is 63.4 Å². The number of carbonyl (C=O) groups is 1. The van der Waals surface area contributed by atoms with Crippen LogP contribution in [-0.4, -0.2) is 75.2 Å². The van der Waals surface area contributed by atoms with Gasteiger partial charge >= 0.3 is 0 Å². The summed E-state index contributed by atoms with van der Waals surface area (Å²) in [5.41, 5.74) is 2.05. The van der Waals surface area contributed by atoms with Crippen molar-refractivity contribution in [3.63, 3.8) is 0 Å². The van der Waals surface area contributed by atoms with Gasteiger partial charge in [-0.1, -0.05) is 0 Å². The minimum atomic E-state index is 0.192. The second kappa shape index (κ2) is 9.38. The van der Waals surface area contributed by atoms with Crippen LogP contribution in [0.2, 0.25) is 0 Å². The zero-order chi connectivity index (χ0) is 18.4. The highest BCUT2D eigenvalue weighted by Gasteiger charge is 2.27. The van der Waals surface area contributed by atoms with Crippen LogP contribution in [0.15, 0.2) is 24.3 Å². The van der Waals surface area contributed by atoms with Crippen LogP contribution in [0.3, 0.4) is 0 Å². The van der Waals surface area contributed by atoms with Crippen molar-refractivity contribution in [2.75, 3.05) is 58.4 Å². The zero-order valence-corrected chi connectivity index (χ0v) is 16.3. The van der Waals surface area contributed by atoms with E-state index in [4.69, 9.17) is 4.74 Å². The fourth-order valence-corrected chi connectivity index (χ4v) is 4.08. The van der Waals surface area contributed by atoms with Crippen LogP contribution < -0.4 is 4.90 Å². The fraction of sp³-hybridized carbons (Fsp3) is 0.667. The van der Waals surface area contributed by atoms with Gasteiger partial charge in [0.1, 0.15) is 0 Å². The number of piperazine rings is 1. The summed E-state index contributed by atoms with van der Waals surface area (Å²) in [5, 5.41) is 0. The number of anilines is 1. The molecule has 0 radical (unpaired) electrons. The first kappa shape index (κ1) is 19.2. The summed E-state index contributed by atoms with van der Waals surface area (Å²) in [6.07, 6.45) is 5.52. The Morgan fingerprint density at radius 1 is 1.08 bits per heavy atom. The number of piperidine rings is 1. The van der Waals surface area contributed by atoms with E-state index in [0.717, 1.165) is 70.6 Å². The lowest BCUT2D eigenvalue weighted by Gasteiger charge is -2.36. The number of carbonyl (C=O) groups excluding carboxylic acids is 1. The average molecular weight is 360 g/mol. The fourth-order valence-electron chi connectivity index (χ4n) is 4.08. The molecule has 0 N–H and O–H groups in total. The molecule has 26 heavy (non-hydrogen) atoms. The Kier molecular flexibility index (Phi) is 6.92. The minimum Gasteiger partial charge on any atom is -0.385 e. The Labute approximate surface area is 157 Å². The number of methoxy groups -OCH3 is 1. The molecule has 0 saturated carbocycles. The maximum Gasteiger partial charge on any atom is 0.254 e. The molecule has 0 aliphatic carbocycles. The summed E-state index contributed by atoms with van der Waals surface area (Å²) >= 11 is 0. The SMILES string of the molecule is COCCCC1CCCCN1C(=O)c1ccc(N2CCN(C)CC2)cc1. The van der Waals surface area contributed by atoms with E-state index in [0.29, 0.717) is 6.04 Å². The molecule has 1 unspecified atom stereocenters. The standard InChI is InChI=1S/C21H33N3O2/c1-22-13-15-23(16-14-22)19-10-8-18(9-11-19)21(25)24-12-4-3-6-20(24)7-5-17-26-2/h8-11,20H,3-7,12-17H2,1-2H3. The minimum absolute atomic E-state index is 0.192. The lowest BCUT2D eigenvalue weighted by atomic mass is 9.97. The van der Waals surface area contributed by atoms with Gasteiger partial charge in [0.05, 0.1) is 0 Å². The molecule has 1 atom stereocenters. The number of nitrogens with zero attached hydrogens (tertiary/aromatic N) is 3. The van der Waals surface area contributed by atoms with E-state index in [1.807, 2.05) is 12.1 Å². The summed E-state index contributed by atoms with van der Waals surface area (Å²) < 4.78 is 5.18. The maximum atomic E-state index is 13.0.